The number of carbonyl (C=O) groups is 3. The molecule has 0 spiro atoms. The van der Waals surface area contributed by atoms with Crippen LogP contribution in [0.5, 0.6) is 5.75 Å². The molecule has 8 nitrogen and oxygen atoms in total. The predicted molar refractivity (Wildman–Crippen MR) is 153 cm³/mol. The monoisotopic (exact) mass is 618 g/mol. The first-order valence-corrected chi connectivity index (χ1v) is 14.3. The number of ether oxygens (including phenoxy) is 2. The molecule has 1 heterocycles. The molecule has 0 aromatic heterocycles. The van der Waals surface area contributed by atoms with Gasteiger partial charge in [-0.05, 0) is 41.5 Å². The van der Waals surface area contributed by atoms with Crippen LogP contribution in [0.1, 0.15) is 45.1 Å². The quantitative estimate of drug-likeness (QED) is 0.181. The number of ketones is 1. The molecule has 3 aromatic rings. The molecular weight excluding hydrogens is 584 g/mol. The molecule has 0 aliphatic carbocycles. The maximum absolute atomic E-state index is 14.0. The van der Waals surface area contributed by atoms with Crippen molar-refractivity contribution in [3.63, 3.8) is 0 Å². The molecule has 236 valence electrons. The Morgan fingerprint density at radius 2 is 1.68 bits per heavy atom. The summed E-state index contributed by atoms with van der Waals surface area (Å²) in [4.78, 5) is 38.1. The largest absolute Gasteiger partial charge is 0.481 e. The third kappa shape index (κ3) is 7.72. The summed E-state index contributed by atoms with van der Waals surface area (Å²) in [5.41, 5.74) is 0.0605. The Morgan fingerprint density at radius 1 is 1.00 bits per heavy atom. The molecule has 12 heteroatoms. The zero-order chi connectivity index (χ0) is 32.0. The van der Waals surface area contributed by atoms with E-state index in [4.69, 9.17) is 9.47 Å². The van der Waals surface area contributed by atoms with Crippen molar-refractivity contribution in [2.45, 2.75) is 63.8 Å². The van der Waals surface area contributed by atoms with Crippen LogP contribution in [0.25, 0.3) is 10.8 Å². The SMILES string of the molecule is CC(C)[C@H](NC1(Cc2cccc3ccccc23)CCCCO1)C(=O)N[C@@H](CC(=O)O)C(=O)COc1c(F)c(F)cc(F)c1F. The Morgan fingerprint density at radius 3 is 2.32 bits per heavy atom. The van der Waals surface area contributed by atoms with Crippen LogP contribution in [0.2, 0.25) is 0 Å². The van der Waals surface area contributed by atoms with Crippen LogP contribution in [0, 0.1) is 29.2 Å². The molecule has 44 heavy (non-hydrogen) atoms. The topological polar surface area (TPSA) is 114 Å². The van der Waals surface area contributed by atoms with Gasteiger partial charge >= 0.3 is 5.97 Å². The molecule has 1 unspecified atom stereocenters. The van der Waals surface area contributed by atoms with E-state index < -0.39 is 77.5 Å². The highest BCUT2D eigenvalue weighted by Crippen LogP contribution is 2.31. The van der Waals surface area contributed by atoms with Crippen LogP contribution in [-0.4, -0.2) is 53.8 Å². The molecule has 3 aromatic carbocycles. The molecule has 1 aliphatic heterocycles. The van der Waals surface area contributed by atoms with Crippen LogP contribution in [-0.2, 0) is 25.5 Å². The van der Waals surface area contributed by atoms with Gasteiger partial charge in [-0.3, -0.25) is 19.7 Å². The number of fused-ring (bicyclic) bond motifs is 1. The average Bonchev–Trinajstić information content (AvgIpc) is 2.98. The highest BCUT2D eigenvalue weighted by molar-refractivity contribution is 5.94. The van der Waals surface area contributed by atoms with Gasteiger partial charge in [0, 0.05) is 19.1 Å². The van der Waals surface area contributed by atoms with E-state index in [2.05, 4.69) is 10.6 Å². The summed E-state index contributed by atoms with van der Waals surface area (Å²) in [6.45, 7) is 2.83. The first-order chi connectivity index (χ1) is 20.9. The summed E-state index contributed by atoms with van der Waals surface area (Å²) in [7, 11) is 0. The molecular formula is C32H34F4N2O6. The van der Waals surface area contributed by atoms with Crippen molar-refractivity contribution in [2.24, 2.45) is 5.92 Å². The second-order valence-corrected chi connectivity index (χ2v) is 11.2. The molecule has 1 aliphatic rings. The number of carbonyl (C=O) groups excluding carboxylic acids is 2. The molecule has 3 N–H and O–H groups in total. The maximum atomic E-state index is 14.0. The Hall–Kier alpha value is -4.03. The van der Waals surface area contributed by atoms with Gasteiger partial charge in [0.15, 0.2) is 23.2 Å². The van der Waals surface area contributed by atoms with E-state index in [-0.39, 0.29) is 12.0 Å². The fourth-order valence-electron chi connectivity index (χ4n) is 5.33. The summed E-state index contributed by atoms with van der Waals surface area (Å²) in [6, 6.07) is 11.2. The van der Waals surface area contributed by atoms with E-state index >= 15 is 0 Å². The summed E-state index contributed by atoms with van der Waals surface area (Å²) in [6.07, 6.45) is 1.80. The highest BCUT2D eigenvalue weighted by Gasteiger charge is 2.40. The number of hydrogen-bond acceptors (Lipinski definition) is 6. The predicted octanol–water partition coefficient (Wildman–Crippen LogP) is 5.06. The van der Waals surface area contributed by atoms with Gasteiger partial charge in [0.05, 0.1) is 12.5 Å². The first-order valence-electron chi connectivity index (χ1n) is 14.3. The number of nitrogens with one attached hydrogen (secondary N) is 2. The van der Waals surface area contributed by atoms with E-state index in [1.807, 2.05) is 42.5 Å². The lowest BCUT2D eigenvalue weighted by Gasteiger charge is -2.42. The van der Waals surface area contributed by atoms with Crippen molar-refractivity contribution in [1.29, 1.82) is 0 Å². The second-order valence-electron chi connectivity index (χ2n) is 11.2. The number of amides is 1. The number of aliphatic carboxylic acids is 1. The van der Waals surface area contributed by atoms with Gasteiger partial charge in [-0.25, -0.2) is 8.78 Å². The van der Waals surface area contributed by atoms with Crippen molar-refractivity contribution in [1.82, 2.24) is 10.6 Å². The highest BCUT2D eigenvalue weighted by atomic mass is 19.2. The lowest BCUT2D eigenvalue weighted by molar-refractivity contribution is -0.142. The molecule has 1 saturated heterocycles. The lowest BCUT2D eigenvalue weighted by Crippen LogP contribution is -2.62. The van der Waals surface area contributed by atoms with Gasteiger partial charge in [0.1, 0.15) is 18.4 Å². The molecule has 1 fully saturated rings. The Labute approximate surface area is 251 Å². The third-order valence-electron chi connectivity index (χ3n) is 7.59. The van der Waals surface area contributed by atoms with Gasteiger partial charge in [0.2, 0.25) is 17.5 Å². The summed E-state index contributed by atoms with van der Waals surface area (Å²) < 4.78 is 66.1. The van der Waals surface area contributed by atoms with Crippen LogP contribution in [0.4, 0.5) is 17.6 Å². The minimum absolute atomic E-state index is 0.0189. The van der Waals surface area contributed by atoms with Crippen LogP contribution in [0.15, 0.2) is 48.5 Å². The molecule has 0 bridgehead atoms. The fourth-order valence-corrected chi connectivity index (χ4v) is 5.33. The molecule has 0 saturated carbocycles. The number of halogens is 4. The van der Waals surface area contributed by atoms with E-state index in [9.17, 15) is 37.1 Å². The molecule has 0 radical (unpaired) electrons. The second kappa shape index (κ2) is 14.2. The molecule has 3 atom stereocenters. The van der Waals surface area contributed by atoms with Crippen molar-refractivity contribution in [3.8, 4) is 5.75 Å². The van der Waals surface area contributed by atoms with Gasteiger partial charge in [-0.15, -0.1) is 0 Å². The van der Waals surface area contributed by atoms with Crippen molar-refractivity contribution >= 4 is 28.4 Å². The van der Waals surface area contributed by atoms with Crippen molar-refractivity contribution in [3.05, 3.63) is 77.4 Å². The minimum Gasteiger partial charge on any atom is -0.481 e. The Balaban J connectivity index is 1.54. The zero-order valence-electron chi connectivity index (χ0n) is 24.3. The van der Waals surface area contributed by atoms with Gasteiger partial charge in [-0.1, -0.05) is 56.3 Å². The van der Waals surface area contributed by atoms with Crippen LogP contribution in [0.3, 0.4) is 0 Å². The van der Waals surface area contributed by atoms with Gasteiger partial charge in [0.25, 0.3) is 0 Å². The van der Waals surface area contributed by atoms with E-state index in [1.165, 1.54) is 0 Å². The minimum atomic E-state index is -1.86. The fraction of sp³-hybridized carbons (Fsp3) is 0.406. The Bertz CT molecular complexity index is 1490. The number of carboxylic acids is 1. The number of carboxylic acid groups (broad SMARTS) is 1. The Kier molecular flexibility index (Phi) is 10.6. The van der Waals surface area contributed by atoms with Gasteiger partial charge in [-0.2, -0.15) is 8.78 Å². The summed E-state index contributed by atoms with van der Waals surface area (Å²) >= 11 is 0. The normalized spacial score (nSPS) is 18.2. The lowest BCUT2D eigenvalue weighted by atomic mass is 9.89. The molecule has 4 rings (SSSR count). The van der Waals surface area contributed by atoms with Crippen LogP contribution >= 0.6 is 0 Å². The van der Waals surface area contributed by atoms with Crippen molar-refractivity contribution in [2.75, 3.05) is 13.2 Å². The number of hydrogen-bond donors (Lipinski definition) is 3. The van der Waals surface area contributed by atoms with E-state index in [0.717, 1.165) is 29.2 Å². The average molecular weight is 619 g/mol. The number of benzene rings is 3. The zero-order valence-corrected chi connectivity index (χ0v) is 24.3. The van der Waals surface area contributed by atoms with Crippen molar-refractivity contribution < 1.29 is 46.5 Å². The third-order valence-corrected chi connectivity index (χ3v) is 7.59. The summed E-state index contributed by atoms with van der Waals surface area (Å²) in [5.74, 6) is -12.2. The summed E-state index contributed by atoms with van der Waals surface area (Å²) in [5, 5.41) is 17.3. The van der Waals surface area contributed by atoms with Crippen LogP contribution < -0.4 is 15.4 Å². The number of rotatable bonds is 13. The smallest absolute Gasteiger partial charge is 0.305 e. The number of Topliss-reactive ketones (excluding diaryl/α,β-unsaturated/α-hetero) is 1. The maximum Gasteiger partial charge on any atom is 0.305 e. The first kappa shape index (κ1) is 32.9. The van der Waals surface area contributed by atoms with Gasteiger partial charge < -0.3 is 19.9 Å². The van der Waals surface area contributed by atoms with E-state index in [1.54, 1.807) is 13.8 Å². The van der Waals surface area contributed by atoms with E-state index in [0.29, 0.717) is 19.4 Å². The standard InChI is InChI=1S/C32H34F4N2O6/c1-18(2)29(38-32(12-5-6-13-44-32)16-20-10-7-9-19-8-3-4-11-21(19)20)31(42)37-24(15-26(40)41)25(39)17-43-30-27(35)22(33)14-23(34)28(30)36/h3-4,7-11,14,18,24,29,38H,5-6,12-13,15-17H2,1-2H3,(H,37,42)(H,40,41)/t24-,29-,32?/m0/s1. The molecule has 1 amide bonds.